The van der Waals surface area contributed by atoms with Crippen LogP contribution in [0.2, 0.25) is 0 Å². The molecular weight excluding hydrogens is 659 g/mol. The lowest BCUT2D eigenvalue weighted by Crippen LogP contribution is -2.46. The molecule has 0 fully saturated rings. The largest absolute Gasteiger partial charge is 0.462 e. The van der Waals surface area contributed by atoms with Gasteiger partial charge in [-0.15, -0.1) is 0 Å². The Morgan fingerprint density at radius 1 is 0.528 bits per heavy atom. The highest BCUT2D eigenvalue weighted by molar-refractivity contribution is 5.77. The number of carbonyl (C=O) groups is 2. The molecule has 0 rings (SSSR count). The van der Waals surface area contributed by atoms with E-state index in [4.69, 9.17) is 4.74 Å². The first-order valence-electron chi connectivity index (χ1n) is 23.4. The number of nitrogens with one attached hydrogen (secondary N) is 1. The van der Waals surface area contributed by atoms with Crippen molar-refractivity contribution in [1.82, 2.24) is 5.32 Å². The fourth-order valence-corrected chi connectivity index (χ4v) is 7.25. The van der Waals surface area contributed by atoms with Crippen LogP contribution in [0.1, 0.15) is 252 Å². The Balaban J connectivity index is 4.41. The molecule has 6 heteroatoms. The predicted octanol–water partition coefficient (Wildman–Crippen LogP) is 13.4. The van der Waals surface area contributed by atoms with Gasteiger partial charge in [0.05, 0.1) is 25.2 Å². The maximum absolute atomic E-state index is 13.1. The summed E-state index contributed by atoms with van der Waals surface area (Å²) in [6, 6.07) is -0.692. The molecule has 0 saturated heterocycles. The van der Waals surface area contributed by atoms with Crippen LogP contribution in [0.3, 0.4) is 0 Å². The van der Waals surface area contributed by atoms with Crippen LogP contribution in [0.4, 0.5) is 0 Å². The smallest absolute Gasteiger partial charge is 0.306 e. The summed E-state index contributed by atoms with van der Waals surface area (Å²) in [6.45, 7) is 6.44. The highest BCUT2D eigenvalue weighted by atomic mass is 16.5. The molecule has 3 N–H and O–H groups in total. The highest BCUT2D eigenvalue weighted by Crippen LogP contribution is 2.18. The van der Waals surface area contributed by atoms with Crippen LogP contribution < -0.4 is 5.32 Å². The number of aliphatic hydroxyl groups excluding tert-OH is 2. The molecule has 314 valence electrons. The van der Waals surface area contributed by atoms with Crippen LogP contribution in [0.5, 0.6) is 0 Å². The molecule has 0 aromatic carbocycles. The van der Waals surface area contributed by atoms with Gasteiger partial charge in [-0.05, 0) is 51.4 Å². The molecule has 53 heavy (non-hydrogen) atoms. The van der Waals surface area contributed by atoms with Crippen molar-refractivity contribution in [2.24, 2.45) is 0 Å². The third kappa shape index (κ3) is 37.3. The maximum atomic E-state index is 13.1. The van der Waals surface area contributed by atoms with Gasteiger partial charge in [0.1, 0.15) is 6.10 Å². The third-order valence-corrected chi connectivity index (χ3v) is 10.8. The van der Waals surface area contributed by atoms with Gasteiger partial charge in [-0.1, -0.05) is 200 Å². The Bertz CT molecular complexity index is 802. The normalized spacial score (nSPS) is 13.4. The summed E-state index contributed by atoms with van der Waals surface area (Å²) in [7, 11) is 0. The van der Waals surface area contributed by atoms with Crippen LogP contribution in [-0.4, -0.2) is 46.9 Å². The second-order valence-corrected chi connectivity index (χ2v) is 16.2. The van der Waals surface area contributed by atoms with E-state index in [1.54, 1.807) is 0 Å². The number of hydrogen-bond acceptors (Lipinski definition) is 5. The lowest BCUT2D eigenvalue weighted by molar-refractivity contribution is -0.151. The molecule has 0 heterocycles. The molecule has 0 radical (unpaired) electrons. The minimum Gasteiger partial charge on any atom is -0.462 e. The fourth-order valence-electron chi connectivity index (χ4n) is 7.25. The molecule has 3 atom stereocenters. The maximum Gasteiger partial charge on any atom is 0.306 e. The minimum absolute atomic E-state index is 0.0811. The second-order valence-electron chi connectivity index (χ2n) is 16.2. The Hall–Kier alpha value is -1.40. The number of ether oxygens (including phenoxy) is 1. The summed E-state index contributed by atoms with van der Waals surface area (Å²) >= 11 is 0. The van der Waals surface area contributed by atoms with Gasteiger partial charge >= 0.3 is 5.97 Å². The molecule has 3 unspecified atom stereocenters. The molecule has 0 aromatic heterocycles. The molecule has 0 saturated carbocycles. The Morgan fingerprint density at radius 3 is 1.34 bits per heavy atom. The zero-order valence-corrected chi connectivity index (χ0v) is 35.7. The first kappa shape index (κ1) is 51.6. The summed E-state index contributed by atoms with van der Waals surface area (Å²) < 4.78 is 5.89. The van der Waals surface area contributed by atoms with Crippen LogP contribution in [-0.2, 0) is 14.3 Å². The first-order chi connectivity index (χ1) is 26.0. The average Bonchev–Trinajstić information content (AvgIpc) is 3.15. The second kappa shape index (κ2) is 41.8. The fraction of sp³-hybridized carbons (Fsp3) is 0.915. The van der Waals surface area contributed by atoms with Crippen LogP contribution in [0, 0.1) is 0 Å². The van der Waals surface area contributed by atoms with Crippen molar-refractivity contribution in [2.45, 2.75) is 270 Å². The predicted molar refractivity (Wildman–Crippen MR) is 227 cm³/mol. The van der Waals surface area contributed by atoms with Crippen molar-refractivity contribution < 1.29 is 24.5 Å². The van der Waals surface area contributed by atoms with E-state index < -0.39 is 18.2 Å². The quantitative estimate of drug-likeness (QED) is 0.0328. The molecule has 0 aromatic rings. The van der Waals surface area contributed by atoms with Crippen LogP contribution in [0.25, 0.3) is 0 Å². The SMILES string of the molecule is CCCCCCCC/C=C/CCCCCCCCCC(=O)OC(CCCCCCCCCC)CC(=O)NC(CO)C(O)CCCCCCCCCCC. The lowest BCUT2D eigenvalue weighted by Gasteiger charge is -2.24. The number of amides is 1. The number of esters is 1. The lowest BCUT2D eigenvalue weighted by atomic mass is 10.0. The Labute approximate surface area is 329 Å². The highest BCUT2D eigenvalue weighted by Gasteiger charge is 2.24. The number of allylic oxidation sites excluding steroid dienone is 2. The number of aliphatic hydroxyl groups is 2. The monoisotopic (exact) mass is 750 g/mol. The van der Waals surface area contributed by atoms with Gasteiger partial charge in [0.15, 0.2) is 0 Å². The van der Waals surface area contributed by atoms with E-state index in [0.717, 1.165) is 51.4 Å². The van der Waals surface area contributed by atoms with Gasteiger partial charge in [0, 0.05) is 6.42 Å². The van der Waals surface area contributed by atoms with Crippen molar-refractivity contribution in [2.75, 3.05) is 6.61 Å². The molecule has 0 aliphatic rings. The van der Waals surface area contributed by atoms with E-state index in [0.29, 0.717) is 19.3 Å². The van der Waals surface area contributed by atoms with Gasteiger partial charge in [-0.2, -0.15) is 0 Å². The molecule has 1 amide bonds. The zero-order chi connectivity index (χ0) is 38.9. The number of carbonyl (C=O) groups excluding carboxylic acids is 2. The topological polar surface area (TPSA) is 95.9 Å². The van der Waals surface area contributed by atoms with E-state index in [-0.39, 0.29) is 24.9 Å². The summed E-state index contributed by atoms with van der Waals surface area (Å²) in [4.78, 5) is 25.9. The molecule has 0 aliphatic heterocycles. The van der Waals surface area contributed by atoms with Crippen molar-refractivity contribution in [3.05, 3.63) is 12.2 Å². The molecule has 0 bridgehead atoms. The number of hydrogen-bond donors (Lipinski definition) is 3. The molecule has 6 nitrogen and oxygen atoms in total. The van der Waals surface area contributed by atoms with Crippen molar-refractivity contribution in [3.63, 3.8) is 0 Å². The molecular formula is C47H91NO5. The van der Waals surface area contributed by atoms with Crippen LogP contribution >= 0.6 is 0 Å². The third-order valence-electron chi connectivity index (χ3n) is 10.8. The number of rotatable bonds is 42. The summed E-state index contributed by atoms with van der Waals surface area (Å²) in [5.41, 5.74) is 0. The summed E-state index contributed by atoms with van der Waals surface area (Å²) in [6.07, 6.45) is 44.2. The van der Waals surface area contributed by atoms with Crippen LogP contribution in [0.15, 0.2) is 12.2 Å². The summed E-state index contributed by atoms with van der Waals surface area (Å²) in [5, 5.41) is 23.5. The van der Waals surface area contributed by atoms with Gasteiger partial charge < -0.3 is 20.3 Å². The molecule has 0 spiro atoms. The minimum atomic E-state index is -0.779. The van der Waals surface area contributed by atoms with Gasteiger partial charge in [0.2, 0.25) is 5.91 Å². The number of unbranched alkanes of at least 4 members (excludes halogenated alkanes) is 28. The van der Waals surface area contributed by atoms with Gasteiger partial charge in [0.25, 0.3) is 0 Å². The van der Waals surface area contributed by atoms with Crippen molar-refractivity contribution in [3.8, 4) is 0 Å². The van der Waals surface area contributed by atoms with E-state index in [2.05, 4.69) is 38.2 Å². The Kier molecular flexibility index (Phi) is 40.7. The standard InChI is InChI=1S/C47H91NO5/c1-4-7-10-13-16-19-20-21-22-23-24-25-26-28-31-34-37-40-47(52)53-43(38-35-32-29-18-15-12-9-6-3)41-46(51)48-44(42-49)45(50)39-36-33-30-27-17-14-11-8-5-2/h21-22,43-45,49-50H,4-20,23-42H2,1-3H3,(H,48,51)/b22-21+. The summed E-state index contributed by atoms with van der Waals surface area (Å²) in [5.74, 6) is -0.472. The first-order valence-corrected chi connectivity index (χ1v) is 23.4. The zero-order valence-electron chi connectivity index (χ0n) is 35.7. The van der Waals surface area contributed by atoms with E-state index >= 15 is 0 Å². The van der Waals surface area contributed by atoms with Gasteiger partial charge in [-0.25, -0.2) is 0 Å². The van der Waals surface area contributed by atoms with Crippen molar-refractivity contribution >= 4 is 11.9 Å². The van der Waals surface area contributed by atoms with E-state index in [1.165, 1.54) is 154 Å². The molecule has 0 aliphatic carbocycles. The average molecular weight is 750 g/mol. The van der Waals surface area contributed by atoms with E-state index in [9.17, 15) is 19.8 Å². The van der Waals surface area contributed by atoms with Crippen molar-refractivity contribution in [1.29, 1.82) is 0 Å². The Morgan fingerprint density at radius 2 is 0.906 bits per heavy atom. The van der Waals surface area contributed by atoms with E-state index in [1.807, 2.05) is 0 Å². The van der Waals surface area contributed by atoms with Gasteiger partial charge in [-0.3, -0.25) is 9.59 Å².